The van der Waals surface area contributed by atoms with Crippen molar-refractivity contribution < 1.29 is 18.8 Å². The van der Waals surface area contributed by atoms with E-state index in [1.54, 1.807) is 12.1 Å². The molecule has 3 aromatic rings. The van der Waals surface area contributed by atoms with Gasteiger partial charge < -0.3 is 19.9 Å². The van der Waals surface area contributed by atoms with Crippen LogP contribution in [0.15, 0.2) is 47.0 Å². The lowest BCUT2D eigenvalue weighted by atomic mass is 10.1. The molecule has 1 aromatic heterocycles. The summed E-state index contributed by atoms with van der Waals surface area (Å²) < 4.78 is 10.9. The number of hydrogen-bond donors (Lipinski definition) is 2. The summed E-state index contributed by atoms with van der Waals surface area (Å²) in [7, 11) is 0. The highest BCUT2D eigenvalue weighted by Gasteiger charge is 2.11. The molecule has 0 aliphatic rings. The summed E-state index contributed by atoms with van der Waals surface area (Å²) >= 11 is 0. The summed E-state index contributed by atoms with van der Waals surface area (Å²) in [5.41, 5.74) is 4.79. The van der Waals surface area contributed by atoms with Crippen molar-refractivity contribution in [1.29, 1.82) is 0 Å². The van der Waals surface area contributed by atoms with Crippen LogP contribution in [-0.2, 0) is 22.6 Å². The highest BCUT2D eigenvalue weighted by Crippen LogP contribution is 2.24. The van der Waals surface area contributed by atoms with Crippen molar-refractivity contribution in [3.05, 3.63) is 70.6 Å². The second-order valence-electron chi connectivity index (χ2n) is 7.12. The first kappa shape index (κ1) is 21.1. The van der Waals surface area contributed by atoms with Crippen molar-refractivity contribution in [2.75, 3.05) is 10.6 Å². The molecule has 2 amide bonds. The molecule has 7 heteroatoms. The Labute approximate surface area is 175 Å². The van der Waals surface area contributed by atoms with Crippen LogP contribution < -0.4 is 15.4 Å². The summed E-state index contributed by atoms with van der Waals surface area (Å²) in [5.74, 6) is 1.16. The second kappa shape index (κ2) is 9.26. The number of benzene rings is 2. The van der Waals surface area contributed by atoms with E-state index in [-0.39, 0.29) is 18.2 Å². The lowest BCUT2D eigenvalue weighted by Gasteiger charge is -2.13. The van der Waals surface area contributed by atoms with Gasteiger partial charge in [0.15, 0.2) is 0 Å². The van der Waals surface area contributed by atoms with Crippen molar-refractivity contribution in [1.82, 2.24) is 5.16 Å². The molecule has 1 heterocycles. The molecule has 0 spiro atoms. The average Bonchev–Trinajstić information content (AvgIpc) is 3.02. The summed E-state index contributed by atoms with van der Waals surface area (Å²) in [4.78, 5) is 23.8. The van der Waals surface area contributed by atoms with E-state index >= 15 is 0 Å². The lowest BCUT2D eigenvalue weighted by molar-refractivity contribution is -0.115. The van der Waals surface area contributed by atoms with E-state index in [4.69, 9.17) is 9.26 Å². The maximum absolute atomic E-state index is 12.5. The minimum Gasteiger partial charge on any atom is -0.489 e. The summed E-state index contributed by atoms with van der Waals surface area (Å²) in [5, 5.41) is 9.58. The third-order valence-electron chi connectivity index (χ3n) is 4.77. The van der Waals surface area contributed by atoms with Crippen LogP contribution in [0.1, 0.15) is 35.1 Å². The van der Waals surface area contributed by atoms with Gasteiger partial charge in [0.1, 0.15) is 18.1 Å². The molecule has 7 nitrogen and oxygen atoms in total. The van der Waals surface area contributed by atoms with Crippen LogP contribution in [-0.4, -0.2) is 17.0 Å². The quantitative estimate of drug-likeness (QED) is 0.608. The van der Waals surface area contributed by atoms with Crippen LogP contribution in [0.5, 0.6) is 5.75 Å². The van der Waals surface area contributed by atoms with Crippen LogP contribution in [0, 0.1) is 20.8 Å². The third kappa shape index (κ3) is 5.26. The fourth-order valence-corrected chi connectivity index (χ4v) is 3.04. The van der Waals surface area contributed by atoms with E-state index in [0.29, 0.717) is 23.7 Å². The summed E-state index contributed by atoms with van der Waals surface area (Å²) in [6, 6.07) is 12.8. The number of hydrogen-bond acceptors (Lipinski definition) is 5. The molecule has 30 heavy (non-hydrogen) atoms. The van der Waals surface area contributed by atoms with Crippen LogP contribution in [0.2, 0.25) is 0 Å². The SMILES string of the molecule is CC(=O)Nc1cccc(NC(=O)Cc2ccc(OCc3c(C)noc3C)cc2)c1C. The first-order valence-corrected chi connectivity index (χ1v) is 9.64. The Morgan fingerprint density at radius 1 is 1.00 bits per heavy atom. The van der Waals surface area contributed by atoms with Gasteiger partial charge in [0.2, 0.25) is 11.8 Å². The van der Waals surface area contributed by atoms with E-state index in [9.17, 15) is 9.59 Å². The van der Waals surface area contributed by atoms with Crippen molar-refractivity contribution in [2.24, 2.45) is 0 Å². The molecule has 0 atom stereocenters. The summed E-state index contributed by atoms with van der Waals surface area (Å²) in [6.45, 7) is 7.42. The van der Waals surface area contributed by atoms with Crippen LogP contribution in [0.3, 0.4) is 0 Å². The number of nitrogens with one attached hydrogen (secondary N) is 2. The Bertz CT molecular complexity index is 1040. The highest BCUT2D eigenvalue weighted by atomic mass is 16.5. The first-order chi connectivity index (χ1) is 14.3. The molecular weight excluding hydrogens is 382 g/mol. The predicted octanol–water partition coefficient (Wildman–Crippen LogP) is 4.32. The zero-order chi connectivity index (χ0) is 21.7. The third-order valence-corrected chi connectivity index (χ3v) is 4.77. The molecule has 2 aromatic carbocycles. The molecule has 0 saturated carbocycles. The molecule has 3 rings (SSSR count). The van der Waals surface area contributed by atoms with Gasteiger partial charge in [0.25, 0.3) is 0 Å². The number of rotatable bonds is 7. The molecule has 0 fully saturated rings. The van der Waals surface area contributed by atoms with Gasteiger partial charge in [-0.2, -0.15) is 0 Å². The molecule has 0 radical (unpaired) electrons. The van der Waals surface area contributed by atoms with Crippen molar-refractivity contribution in [3.63, 3.8) is 0 Å². The Morgan fingerprint density at radius 3 is 2.27 bits per heavy atom. The van der Waals surface area contributed by atoms with Gasteiger partial charge in [-0.1, -0.05) is 23.4 Å². The van der Waals surface area contributed by atoms with Gasteiger partial charge in [-0.05, 0) is 56.2 Å². The van der Waals surface area contributed by atoms with Crippen LogP contribution in [0.25, 0.3) is 0 Å². The van der Waals surface area contributed by atoms with Crippen molar-refractivity contribution >= 4 is 23.2 Å². The second-order valence-corrected chi connectivity index (χ2v) is 7.12. The number of ether oxygens (including phenoxy) is 1. The van der Waals surface area contributed by atoms with E-state index in [0.717, 1.165) is 28.1 Å². The van der Waals surface area contributed by atoms with Gasteiger partial charge in [-0.25, -0.2) is 0 Å². The number of nitrogens with zero attached hydrogens (tertiary/aromatic N) is 1. The first-order valence-electron chi connectivity index (χ1n) is 9.64. The number of amides is 2. The lowest BCUT2D eigenvalue weighted by Crippen LogP contribution is -2.16. The number of carbonyl (C=O) groups excluding carboxylic acids is 2. The zero-order valence-electron chi connectivity index (χ0n) is 17.5. The standard InChI is InChI=1S/C23H25N3O4/c1-14-21(24-17(4)27)6-5-7-22(14)25-23(28)12-18-8-10-19(11-9-18)29-13-20-15(2)26-30-16(20)3/h5-11H,12-13H2,1-4H3,(H,24,27)(H,25,28). The molecule has 0 aliphatic heterocycles. The molecule has 2 N–H and O–H groups in total. The number of anilines is 2. The van der Waals surface area contributed by atoms with Crippen LogP contribution >= 0.6 is 0 Å². The van der Waals surface area contributed by atoms with E-state index in [1.165, 1.54) is 6.92 Å². The monoisotopic (exact) mass is 407 g/mol. The zero-order valence-corrected chi connectivity index (χ0v) is 17.5. The van der Waals surface area contributed by atoms with Gasteiger partial charge in [-0.15, -0.1) is 0 Å². The fraction of sp³-hybridized carbons (Fsp3) is 0.261. The maximum Gasteiger partial charge on any atom is 0.228 e. The van der Waals surface area contributed by atoms with Gasteiger partial charge in [-0.3, -0.25) is 9.59 Å². The Kier molecular flexibility index (Phi) is 6.51. The summed E-state index contributed by atoms with van der Waals surface area (Å²) in [6.07, 6.45) is 0.230. The molecule has 156 valence electrons. The minimum absolute atomic E-state index is 0.137. The minimum atomic E-state index is -0.154. The van der Waals surface area contributed by atoms with E-state index < -0.39 is 0 Å². The van der Waals surface area contributed by atoms with Crippen LogP contribution in [0.4, 0.5) is 11.4 Å². The molecule has 0 unspecified atom stereocenters. The maximum atomic E-state index is 12.5. The van der Waals surface area contributed by atoms with E-state index in [2.05, 4.69) is 15.8 Å². The molecule has 0 bridgehead atoms. The van der Waals surface area contributed by atoms with Gasteiger partial charge in [0.05, 0.1) is 17.7 Å². The van der Waals surface area contributed by atoms with Crippen molar-refractivity contribution in [3.8, 4) is 5.75 Å². The smallest absolute Gasteiger partial charge is 0.228 e. The molecule has 0 saturated heterocycles. The number of carbonyl (C=O) groups is 2. The molecular formula is C23H25N3O4. The highest BCUT2D eigenvalue weighted by molar-refractivity contribution is 5.95. The number of aromatic nitrogens is 1. The Balaban J connectivity index is 1.58. The van der Waals surface area contributed by atoms with Crippen molar-refractivity contribution in [2.45, 2.75) is 40.7 Å². The largest absolute Gasteiger partial charge is 0.489 e. The Morgan fingerprint density at radius 2 is 1.67 bits per heavy atom. The van der Waals surface area contributed by atoms with E-state index in [1.807, 2.05) is 51.1 Å². The topological polar surface area (TPSA) is 93.5 Å². The normalized spacial score (nSPS) is 10.5. The fourth-order valence-electron chi connectivity index (χ4n) is 3.04. The Hall–Kier alpha value is -3.61. The van der Waals surface area contributed by atoms with Gasteiger partial charge >= 0.3 is 0 Å². The average molecular weight is 407 g/mol. The molecule has 0 aliphatic carbocycles. The number of aryl methyl sites for hydroxylation is 2. The van der Waals surface area contributed by atoms with Gasteiger partial charge in [0, 0.05) is 18.3 Å². The predicted molar refractivity (Wildman–Crippen MR) is 115 cm³/mol.